The van der Waals surface area contributed by atoms with Crippen LogP contribution >= 0.6 is 0 Å². The van der Waals surface area contributed by atoms with Crippen LogP contribution in [0.1, 0.15) is 59.3 Å². The van der Waals surface area contributed by atoms with E-state index >= 15 is 0 Å². The van der Waals surface area contributed by atoms with Crippen LogP contribution in [-0.4, -0.2) is 11.1 Å². The fourth-order valence-electron chi connectivity index (χ4n) is 1.38. The smallest absolute Gasteiger partial charge is 0.309 e. The molecule has 78 valence electrons. The highest BCUT2D eigenvalue weighted by Crippen LogP contribution is 2.28. The lowest BCUT2D eigenvalue weighted by atomic mass is 9.82. The summed E-state index contributed by atoms with van der Waals surface area (Å²) in [5, 5.41) is 8.99. The largest absolute Gasteiger partial charge is 0.481 e. The highest BCUT2D eigenvalue weighted by molar-refractivity contribution is 5.73. The molecule has 0 heterocycles. The Labute approximate surface area is 81.3 Å². The molecule has 2 nitrogen and oxygen atoms in total. The van der Waals surface area contributed by atoms with E-state index in [1.807, 2.05) is 13.8 Å². The normalized spacial score (nSPS) is 15.3. The molecule has 0 bridgehead atoms. The first-order valence-corrected chi connectivity index (χ1v) is 5.30. The fourth-order valence-corrected chi connectivity index (χ4v) is 1.38. The molecule has 1 atom stereocenters. The van der Waals surface area contributed by atoms with Gasteiger partial charge in [-0.25, -0.2) is 0 Å². The predicted molar refractivity (Wildman–Crippen MR) is 54.8 cm³/mol. The molecule has 0 aliphatic rings. The molecule has 2 heteroatoms. The van der Waals surface area contributed by atoms with Crippen LogP contribution in [0, 0.1) is 5.41 Å². The number of hydrogen-bond acceptors (Lipinski definition) is 1. The Bertz CT molecular complexity index is 154. The molecule has 1 N–H and O–H groups in total. The topological polar surface area (TPSA) is 37.3 Å². The van der Waals surface area contributed by atoms with Crippen molar-refractivity contribution in [3.63, 3.8) is 0 Å². The van der Waals surface area contributed by atoms with Gasteiger partial charge in [-0.3, -0.25) is 4.79 Å². The van der Waals surface area contributed by atoms with Crippen molar-refractivity contribution < 1.29 is 9.90 Å². The monoisotopic (exact) mass is 186 g/mol. The number of unbranched alkanes of at least 4 members (excludes halogenated alkanes) is 3. The molecule has 0 rings (SSSR count). The summed E-state index contributed by atoms with van der Waals surface area (Å²) in [7, 11) is 0. The summed E-state index contributed by atoms with van der Waals surface area (Å²) in [5.41, 5.74) is -0.492. The van der Waals surface area contributed by atoms with Gasteiger partial charge in [-0.1, -0.05) is 39.5 Å². The molecule has 0 saturated heterocycles. The summed E-state index contributed by atoms with van der Waals surface area (Å²) in [6, 6.07) is 0. The Morgan fingerprint density at radius 2 is 1.85 bits per heavy atom. The third-order valence-electron chi connectivity index (χ3n) is 2.88. The zero-order valence-electron chi connectivity index (χ0n) is 9.10. The van der Waals surface area contributed by atoms with Crippen LogP contribution in [0.3, 0.4) is 0 Å². The van der Waals surface area contributed by atoms with Crippen LogP contribution in [0.4, 0.5) is 0 Å². The second kappa shape index (κ2) is 6.01. The molecule has 0 saturated carbocycles. The SMILES string of the molecule is CCCCCC[C@](C)(CC)C(=O)O. The van der Waals surface area contributed by atoms with Crippen LogP contribution in [0.5, 0.6) is 0 Å². The summed E-state index contributed by atoms with van der Waals surface area (Å²) in [6.45, 7) is 5.96. The minimum absolute atomic E-state index is 0.492. The standard InChI is InChI=1S/C11H22O2/c1-4-6-7-8-9-11(3,5-2)10(12)13/h4-9H2,1-3H3,(H,12,13)/t11-/m0/s1. The summed E-state index contributed by atoms with van der Waals surface area (Å²) in [4.78, 5) is 10.9. The lowest BCUT2D eigenvalue weighted by Crippen LogP contribution is -2.26. The van der Waals surface area contributed by atoms with Gasteiger partial charge in [0.05, 0.1) is 5.41 Å². The minimum atomic E-state index is -0.647. The highest BCUT2D eigenvalue weighted by atomic mass is 16.4. The zero-order valence-corrected chi connectivity index (χ0v) is 9.10. The molecule has 0 aliphatic carbocycles. The Hall–Kier alpha value is -0.530. The van der Waals surface area contributed by atoms with Crippen LogP contribution in [0.25, 0.3) is 0 Å². The van der Waals surface area contributed by atoms with Gasteiger partial charge >= 0.3 is 5.97 Å². The van der Waals surface area contributed by atoms with E-state index in [0.29, 0.717) is 0 Å². The number of carboxylic acid groups (broad SMARTS) is 1. The van der Waals surface area contributed by atoms with Gasteiger partial charge in [0.25, 0.3) is 0 Å². The fraction of sp³-hybridized carbons (Fsp3) is 0.909. The quantitative estimate of drug-likeness (QED) is 0.618. The van der Waals surface area contributed by atoms with Gasteiger partial charge in [0.1, 0.15) is 0 Å². The van der Waals surface area contributed by atoms with Crippen LogP contribution in [0.2, 0.25) is 0 Å². The van der Waals surface area contributed by atoms with Gasteiger partial charge in [0.15, 0.2) is 0 Å². The van der Waals surface area contributed by atoms with E-state index < -0.39 is 11.4 Å². The molecule has 0 amide bonds. The van der Waals surface area contributed by atoms with E-state index in [0.717, 1.165) is 19.3 Å². The van der Waals surface area contributed by atoms with Crippen molar-refractivity contribution in [1.29, 1.82) is 0 Å². The Balaban J connectivity index is 3.78. The summed E-state index contributed by atoms with van der Waals surface area (Å²) < 4.78 is 0. The molecule has 0 aromatic carbocycles. The number of aliphatic carboxylic acids is 1. The third kappa shape index (κ3) is 4.30. The van der Waals surface area contributed by atoms with Crippen LogP contribution < -0.4 is 0 Å². The predicted octanol–water partition coefficient (Wildman–Crippen LogP) is 3.46. The summed E-state index contributed by atoms with van der Waals surface area (Å²) in [6.07, 6.45) is 6.19. The Kier molecular flexibility index (Phi) is 5.76. The van der Waals surface area contributed by atoms with Crippen molar-refractivity contribution in [3.8, 4) is 0 Å². The van der Waals surface area contributed by atoms with E-state index in [1.165, 1.54) is 19.3 Å². The van der Waals surface area contributed by atoms with Gasteiger partial charge in [-0.05, 0) is 19.8 Å². The van der Waals surface area contributed by atoms with E-state index in [9.17, 15) is 4.79 Å². The first-order valence-electron chi connectivity index (χ1n) is 5.30. The van der Waals surface area contributed by atoms with Crippen LogP contribution in [0.15, 0.2) is 0 Å². The molecule has 0 unspecified atom stereocenters. The number of hydrogen-bond donors (Lipinski definition) is 1. The van der Waals surface area contributed by atoms with Gasteiger partial charge in [-0.15, -0.1) is 0 Å². The average Bonchev–Trinajstić information content (AvgIpc) is 2.12. The lowest BCUT2D eigenvalue weighted by Gasteiger charge is -2.22. The molecular weight excluding hydrogens is 164 g/mol. The zero-order chi connectivity index (χ0) is 10.3. The number of rotatable bonds is 7. The molecule has 13 heavy (non-hydrogen) atoms. The molecule has 0 spiro atoms. The van der Waals surface area contributed by atoms with Crippen LogP contribution in [-0.2, 0) is 4.79 Å². The first-order chi connectivity index (χ1) is 6.06. The van der Waals surface area contributed by atoms with Crippen molar-refractivity contribution in [3.05, 3.63) is 0 Å². The minimum Gasteiger partial charge on any atom is -0.481 e. The molecule has 0 aromatic rings. The van der Waals surface area contributed by atoms with E-state index in [4.69, 9.17) is 5.11 Å². The number of carboxylic acids is 1. The maximum Gasteiger partial charge on any atom is 0.309 e. The Morgan fingerprint density at radius 1 is 1.23 bits per heavy atom. The molecule has 0 aliphatic heterocycles. The van der Waals surface area contributed by atoms with Crippen molar-refractivity contribution in [2.45, 2.75) is 59.3 Å². The van der Waals surface area contributed by atoms with Gasteiger partial charge in [-0.2, -0.15) is 0 Å². The van der Waals surface area contributed by atoms with Gasteiger partial charge in [0.2, 0.25) is 0 Å². The maximum absolute atomic E-state index is 10.9. The van der Waals surface area contributed by atoms with Crippen molar-refractivity contribution in [2.24, 2.45) is 5.41 Å². The lowest BCUT2D eigenvalue weighted by molar-refractivity contribution is -0.148. The Morgan fingerprint density at radius 3 is 2.23 bits per heavy atom. The average molecular weight is 186 g/mol. The van der Waals surface area contributed by atoms with E-state index in [-0.39, 0.29) is 0 Å². The first kappa shape index (κ1) is 12.5. The number of carbonyl (C=O) groups is 1. The van der Waals surface area contributed by atoms with Gasteiger partial charge in [0, 0.05) is 0 Å². The molecular formula is C11H22O2. The maximum atomic E-state index is 10.9. The highest BCUT2D eigenvalue weighted by Gasteiger charge is 2.29. The summed E-state index contributed by atoms with van der Waals surface area (Å²) >= 11 is 0. The summed E-state index contributed by atoms with van der Waals surface area (Å²) in [5.74, 6) is -0.647. The molecule has 0 aromatic heterocycles. The second-order valence-corrected chi connectivity index (χ2v) is 4.03. The van der Waals surface area contributed by atoms with Crippen molar-refractivity contribution >= 4 is 5.97 Å². The third-order valence-corrected chi connectivity index (χ3v) is 2.88. The van der Waals surface area contributed by atoms with Crippen molar-refractivity contribution in [1.82, 2.24) is 0 Å². The molecule has 0 fully saturated rings. The second-order valence-electron chi connectivity index (χ2n) is 4.03. The van der Waals surface area contributed by atoms with Crippen molar-refractivity contribution in [2.75, 3.05) is 0 Å². The van der Waals surface area contributed by atoms with E-state index in [1.54, 1.807) is 0 Å². The van der Waals surface area contributed by atoms with Gasteiger partial charge < -0.3 is 5.11 Å². The molecule has 0 radical (unpaired) electrons. The van der Waals surface area contributed by atoms with E-state index in [2.05, 4.69) is 6.92 Å².